The maximum atomic E-state index is 11.9. The first kappa shape index (κ1) is 20.9. The fraction of sp³-hybridized carbons (Fsp3) is 0.167. The van der Waals surface area contributed by atoms with Crippen LogP contribution in [0.15, 0.2) is 84.0 Å². The number of anilines is 1. The Morgan fingerprint density at radius 2 is 1.67 bits per heavy atom. The maximum absolute atomic E-state index is 11.9. The standard InChI is InChI=1S/C24H24N2O4/c1-2-28-23-15-20(13-14-22(23)29-17-19-9-5-3-6-10-19)16-25-30-18-24(27)26-21-11-7-4-8-12-21/h3-16H,2,17-18H2,1H3,(H,26,27)/b25-16+. The Morgan fingerprint density at radius 1 is 0.933 bits per heavy atom. The highest BCUT2D eigenvalue weighted by Gasteiger charge is 2.07. The molecule has 0 bridgehead atoms. The number of hydrogen-bond acceptors (Lipinski definition) is 5. The summed E-state index contributed by atoms with van der Waals surface area (Å²) in [5.41, 5.74) is 2.56. The SMILES string of the molecule is CCOc1cc(/C=N/OCC(=O)Nc2ccccc2)ccc1OCc1ccccc1. The van der Waals surface area contributed by atoms with E-state index in [0.717, 1.165) is 11.1 Å². The summed E-state index contributed by atoms with van der Waals surface area (Å²) in [4.78, 5) is 16.9. The van der Waals surface area contributed by atoms with Crippen molar-refractivity contribution in [3.63, 3.8) is 0 Å². The molecule has 1 N–H and O–H groups in total. The third-order valence-corrected chi connectivity index (χ3v) is 4.03. The average Bonchev–Trinajstić information content (AvgIpc) is 2.78. The van der Waals surface area contributed by atoms with Gasteiger partial charge in [-0.3, -0.25) is 4.79 Å². The molecule has 3 rings (SSSR count). The molecule has 0 fully saturated rings. The Kier molecular flexibility index (Phi) is 7.85. The number of amides is 1. The van der Waals surface area contributed by atoms with E-state index in [1.165, 1.54) is 6.21 Å². The number of oxime groups is 1. The molecule has 0 aliphatic rings. The molecule has 30 heavy (non-hydrogen) atoms. The summed E-state index contributed by atoms with van der Waals surface area (Å²) < 4.78 is 11.6. The monoisotopic (exact) mass is 404 g/mol. The van der Waals surface area contributed by atoms with Crippen LogP contribution in [0.1, 0.15) is 18.1 Å². The molecular weight excluding hydrogens is 380 g/mol. The molecular formula is C24H24N2O4. The van der Waals surface area contributed by atoms with Crippen LogP contribution in [0.25, 0.3) is 0 Å². The lowest BCUT2D eigenvalue weighted by molar-refractivity contribution is -0.120. The molecule has 6 heteroatoms. The van der Waals surface area contributed by atoms with E-state index in [1.807, 2.05) is 73.7 Å². The van der Waals surface area contributed by atoms with E-state index in [1.54, 1.807) is 12.1 Å². The normalized spacial score (nSPS) is 10.6. The second kappa shape index (κ2) is 11.3. The van der Waals surface area contributed by atoms with Crippen LogP contribution in [-0.4, -0.2) is 25.3 Å². The predicted molar refractivity (Wildman–Crippen MR) is 117 cm³/mol. The molecule has 0 spiro atoms. The fourth-order valence-corrected chi connectivity index (χ4v) is 2.64. The molecule has 3 aromatic rings. The molecule has 1 amide bonds. The molecule has 6 nitrogen and oxygen atoms in total. The Balaban J connectivity index is 1.53. The molecule has 0 radical (unpaired) electrons. The minimum absolute atomic E-state index is 0.179. The first-order valence-corrected chi connectivity index (χ1v) is 9.68. The minimum Gasteiger partial charge on any atom is -0.490 e. The Morgan fingerprint density at radius 3 is 2.40 bits per heavy atom. The molecule has 0 aromatic heterocycles. The lowest BCUT2D eigenvalue weighted by atomic mass is 10.2. The number of ether oxygens (including phenoxy) is 2. The smallest absolute Gasteiger partial charge is 0.265 e. The number of carbonyl (C=O) groups is 1. The molecule has 0 atom stereocenters. The van der Waals surface area contributed by atoms with Gasteiger partial charge in [0.15, 0.2) is 18.1 Å². The van der Waals surface area contributed by atoms with Crippen LogP contribution in [0.3, 0.4) is 0 Å². The molecule has 154 valence electrons. The van der Waals surface area contributed by atoms with Gasteiger partial charge >= 0.3 is 0 Å². The van der Waals surface area contributed by atoms with E-state index >= 15 is 0 Å². The van der Waals surface area contributed by atoms with Gasteiger partial charge in [0.1, 0.15) is 6.61 Å². The summed E-state index contributed by atoms with van der Waals surface area (Å²) in [6, 6.07) is 24.6. The van der Waals surface area contributed by atoms with Crippen LogP contribution in [0.2, 0.25) is 0 Å². The first-order chi connectivity index (χ1) is 14.7. The summed E-state index contributed by atoms with van der Waals surface area (Å²) in [5.74, 6) is 0.998. The van der Waals surface area contributed by atoms with Crippen molar-refractivity contribution in [2.75, 3.05) is 18.5 Å². The third-order valence-electron chi connectivity index (χ3n) is 4.03. The summed E-state index contributed by atoms with van der Waals surface area (Å²) in [6.45, 7) is 2.70. The molecule has 0 saturated carbocycles. The van der Waals surface area contributed by atoms with Gasteiger partial charge in [-0.25, -0.2) is 0 Å². The maximum Gasteiger partial charge on any atom is 0.265 e. The van der Waals surface area contributed by atoms with Crippen molar-refractivity contribution in [2.24, 2.45) is 5.16 Å². The highest BCUT2D eigenvalue weighted by atomic mass is 16.6. The Labute approximate surface area is 176 Å². The van der Waals surface area contributed by atoms with E-state index in [4.69, 9.17) is 14.3 Å². The van der Waals surface area contributed by atoms with Gasteiger partial charge in [0.2, 0.25) is 0 Å². The Hall–Kier alpha value is -3.80. The van der Waals surface area contributed by atoms with Crippen molar-refractivity contribution in [3.05, 3.63) is 90.0 Å². The minimum atomic E-state index is -0.280. The van der Waals surface area contributed by atoms with Crippen LogP contribution >= 0.6 is 0 Å². The van der Waals surface area contributed by atoms with E-state index in [0.29, 0.717) is 30.4 Å². The number of carbonyl (C=O) groups excluding carboxylic acids is 1. The van der Waals surface area contributed by atoms with Gasteiger partial charge in [-0.1, -0.05) is 53.7 Å². The van der Waals surface area contributed by atoms with E-state index in [2.05, 4.69) is 10.5 Å². The number of para-hydroxylation sites is 1. The second-order valence-corrected chi connectivity index (χ2v) is 6.34. The van der Waals surface area contributed by atoms with Gasteiger partial charge in [-0.2, -0.15) is 0 Å². The number of hydrogen-bond donors (Lipinski definition) is 1. The van der Waals surface area contributed by atoms with Crippen molar-refractivity contribution >= 4 is 17.8 Å². The first-order valence-electron chi connectivity index (χ1n) is 9.68. The quantitative estimate of drug-likeness (QED) is 0.394. The zero-order valence-corrected chi connectivity index (χ0v) is 16.8. The van der Waals surface area contributed by atoms with Crippen molar-refractivity contribution in [1.29, 1.82) is 0 Å². The van der Waals surface area contributed by atoms with Crippen molar-refractivity contribution < 1.29 is 19.1 Å². The van der Waals surface area contributed by atoms with Crippen LogP contribution < -0.4 is 14.8 Å². The van der Waals surface area contributed by atoms with Crippen LogP contribution in [0.5, 0.6) is 11.5 Å². The highest BCUT2D eigenvalue weighted by Crippen LogP contribution is 2.29. The summed E-state index contributed by atoms with van der Waals surface area (Å²) in [7, 11) is 0. The van der Waals surface area contributed by atoms with Crippen molar-refractivity contribution in [1.82, 2.24) is 0 Å². The summed E-state index contributed by atoms with van der Waals surface area (Å²) >= 11 is 0. The zero-order chi connectivity index (χ0) is 21.0. The predicted octanol–water partition coefficient (Wildman–Crippen LogP) is 4.65. The highest BCUT2D eigenvalue weighted by molar-refractivity contribution is 5.91. The molecule has 0 unspecified atom stereocenters. The van der Waals surface area contributed by atoms with Gasteiger partial charge in [0.05, 0.1) is 12.8 Å². The van der Waals surface area contributed by atoms with Crippen molar-refractivity contribution in [2.45, 2.75) is 13.5 Å². The lowest BCUT2D eigenvalue weighted by Gasteiger charge is -2.12. The molecule has 0 saturated heterocycles. The van der Waals surface area contributed by atoms with E-state index in [9.17, 15) is 4.79 Å². The van der Waals surface area contributed by atoms with Crippen LogP contribution in [0, 0.1) is 0 Å². The topological polar surface area (TPSA) is 69.2 Å². The number of nitrogens with one attached hydrogen (secondary N) is 1. The average molecular weight is 404 g/mol. The molecule has 3 aromatic carbocycles. The van der Waals surface area contributed by atoms with Gasteiger partial charge < -0.3 is 19.6 Å². The molecule has 0 heterocycles. The summed E-state index contributed by atoms with van der Waals surface area (Å²) in [5, 5.41) is 6.59. The van der Waals surface area contributed by atoms with Gasteiger partial charge in [0.25, 0.3) is 5.91 Å². The molecule has 0 aliphatic heterocycles. The molecule has 0 aliphatic carbocycles. The summed E-state index contributed by atoms with van der Waals surface area (Å²) in [6.07, 6.45) is 1.53. The van der Waals surface area contributed by atoms with Crippen LogP contribution in [-0.2, 0) is 16.2 Å². The zero-order valence-electron chi connectivity index (χ0n) is 16.8. The Bertz CT molecular complexity index is 959. The number of nitrogens with zero attached hydrogens (tertiary/aromatic N) is 1. The van der Waals surface area contributed by atoms with E-state index < -0.39 is 0 Å². The van der Waals surface area contributed by atoms with Crippen molar-refractivity contribution in [3.8, 4) is 11.5 Å². The fourth-order valence-electron chi connectivity index (χ4n) is 2.64. The third kappa shape index (κ3) is 6.67. The number of rotatable bonds is 10. The van der Waals surface area contributed by atoms with Gasteiger partial charge in [-0.15, -0.1) is 0 Å². The van der Waals surface area contributed by atoms with Gasteiger partial charge in [0, 0.05) is 11.3 Å². The number of benzene rings is 3. The second-order valence-electron chi connectivity index (χ2n) is 6.34. The van der Waals surface area contributed by atoms with Crippen LogP contribution in [0.4, 0.5) is 5.69 Å². The van der Waals surface area contributed by atoms with E-state index in [-0.39, 0.29) is 12.5 Å². The largest absolute Gasteiger partial charge is 0.490 e. The van der Waals surface area contributed by atoms with Gasteiger partial charge in [-0.05, 0) is 42.8 Å². The lowest BCUT2D eigenvalue weighted by Crippen LogP contribution is -2.16.